The number of benzene rings is 2. The van der Waals surface area contributed by atoms with Gasteiger partial charge in [0.15, 0.2) is 15.8 Å². The quantitative estimate of drug-likeness (QED) is 0.286. The summed E-state index contributed by atoms with van der Waals surface area (Å²) >= 11 is 0. The summed E-state index contributed by atoms with van der Waals surface area (Å²) in [6.07, 6.45) is 0. The minimum atomic E-state index is -3.72. The highest BCUT2D eigenvalue weighted by Gasteiger charge is 2.18. The van der Waals surface area contributed by atoms with Crippen LogP contribution < -0.4 is 10.6 Å². The summed E-state index contributed by atoms with van der Waals surface area (Å²) in [7, 11) is -2.10. The number of hydrogen-bond donors (Lipinski definition) is 2. The molecule has 1 aliphatic rings. The first-order chi connectivity index (χ1) is 15.0. The van der Waals surface area contributed by atoms with Crippen molar-refractivity contribution in [2.24, 2.45) is 4.99 Å². The lowest BCUT2D eigenvalue weighted by atomic mass is 10.1. The Kier molecular flexibility index (Phi) is 10.8. The second-order valence-corrected chi connectivity index (χ2v) is 9.34. The summed E-state index contributed by atoms with van der Waals surface area (Å²) in [6, 6.07) is 13.6. The summed E-state index contributed by atoms with van der Waals surface area (Å²) in [5, 5.41) is 6.22. The molecule has 2 aromatic rings. The standard InChI is InChI=1S/C22H29FN4O3S.HI/c1-24-22(25-10-15-31(28,29)21-9-5-4-8-20(21)23)26-16-18-6-2-3-7-19(18)17-27-11-13-30-14-12-27;/h2-9H,10-17H2,1H3,(H2,24,25,26);1H. The van der Waals surface area contributed by atoms with Crippen LogP contribution in [0.25, 0.3) is 0 Å². The second kappa shape index (κ2) is 13.1. The summed E-state index contributed by atoms with van der Waals surface area (Å²) in [4.78, 5) is 6.24. The maximum atomic E-state index is 13.8. The lowest BCUT2D eigenvalue weighted by Gasteiger charge is -2.27. The van der Waals surface area contributed by atoms with Crippen molar-refractivity contribution < 1.29 is 17.5 Å². The van der Waals surface area contributed by atoms with Crippen molar-refractivity contribution in [2.75, 3.05) is 45.6 Å². The Morgan fingerprint density at radius 3 is 2.41 bits per heavy atom. The maximum absolute atomic E-state index is 13.8. The van der Waals surface area contributed by atoms with Crippen LogP contribution in [0, 0.1) is 5.82 Å². The fraction of sp³-hybridized carbons (Fsp3) is 0.409. The number of morpholine rings is 1. The van der Waals surface area contributed by atoms with Crippen LogP contribution in [0.3, 0.4) is 0 Å². The molecule has 0 bridgehead atoms. The van der Waals surface area contributed by atoms with Gasteiger partial charge in [-0.05, 0) is 23.3 Å². The van der Waals surface area contributed by atoms with Gasteiger partial charge in [-0.15, -0.1) is 24.0 Å². The lowest BCUT2D eigenvalue weighted by Crippen LogP contribution is -2.39. The number of nitrogens with one attached hydrogen (secondary N) is 2. The van der Waals surface area contributed by atoms with Crippen molar-refractivity contribution in [3.05, 3.63) is 65.5 Å². The Labute approximate surface area is 206 Å². The molecule has 176 valence electrons. The van der Waals surface area contributed by atoms with Crippen molar-refractivity contribution in [1.29, 1.82) is 0 Å². The van der Waals surface area contributed by atoms with Gasteiger partial charge in [-0.1, -0.05) is 36.4 Å². The van der Waals surface area contributed by atoms with E-state index in [9.17, 15) is 12.8 Å². The largest absolute Gasteiger partial charge is 0.379 e. The predicted molar refractivity (Wildman–Crippen MR) is 135 cm³/mol. The average Bonchev–Trinajstić information content (AvgIpc) is 2.78. The average molecular weight is 576 g/mol. The van der Waals surface area contributed by atoms with Crippen molar-refractivity contribution >= 4 is 39.8 Å². The number of hydrogen-bond acceptors (Lipinski definition) is 5. The van der Waals surface area contributed by atoms with Crippen LogP contribution in [0.2, 0.25) is 0 Å². The van der Waals surface area contributed by atoms with Crippen molar-refractivity contribution in [3.8, 4) is 0 Å². The predicted octanol–water partition coefficient (Wildman–Crippen LogP) is 2.41. The van der Waals surface area contributed by atoms with Gasteiger partial charge in [0.25, 0.3) is 0 Å². The zero-order valence-electron chi connectivity index (χ0n) is 18.1. The Morgan fingerprint density at radius 1 is 1.06 bits per heavy atom. The van der Waals surface area contributed by atoms with E-state index < -0.39 is 15.7 Å². The molecule has 0 saturated carbocycles. The third-order valence-electron chi connectivity index (χ3n) is 5.12. The van der Waals surface area contributed by atoms with E-state index in [0.29, 0.717) is 12.5 Å². The number of ether oxygens (including phenoxy) is 1. The number of rotatable bonds is 8. The third kappa shape index (κ3) is 7.68. The fourth-order valence-electron chi connectivity index (χ4n) is 3.39. The third-order valence-corrected chi connectivity index (χ3v) is 6.86. The van der Waals surface area contributed by atoms with Crippen molar-refractivity contribution in [2.45, 2.75) is 18.0 Å². The molecule has 1 aliphatic heterocycles. The molecule has 0 amide bonds. The van der Waals surface area contributed by atoms with Crippen molar-refractivity contribution in [1.82, 2.24) is 15.5 Å². The molecule has 10 heteroatoms. The molecule has 0 radical (unpaired) electrons. The monoisotopic (exact) mass is 576 g/mol. The molecule has 32 heavy (non-hydrogen) atoms. The van der Waals surface area contributed by atoms with Gasteiger partial charge in [-0.25, -0.2) is 12.8 Å². The Hall–Kier alpha value is -1.76. The molecule has 1 fully saturated rings. The Morgan fingerprint density at radius 2 is 1.72 bits per heavy atom. The van der Waals surface area contributed by atoms with Crippen LogP contribution in [-0.2, 0) is 27.7 Å². The molecular weight excluding hydrogens is 546 g/mol. The van der Waals surface area contributed by atoms with E-state index in [1.807, 2.05) is 12.1 Å². The van der Waals surface area contributed by atoms with E-state index >= 15 is 0 Å². The molecule has 1 saturated heterocycles. The van der Waals surface area contributed by atoms with E-state index in [-0.39, 0.29) is 41.2 Å². The van der Waals surface area contributed by atoms with E-state index in [2.05, 4.69) is 32.7 Å². The van der Waals surface area contributed by atoms with Gasteiger partial charge in [0.1, 0.15) is 10.7 Å². The number of nitrogens with zero attached hydrogens (tertiary/aromatic N) is 2. The first kappa shape index (κ1) is 26.5. The SMILES string of the molecule is CN=C(NCCS(=O)(=O)c1ccccc1F)NCc1ccccc1CN1CCOCC1.I. The maximum Gasteiger partial charge on any atom is 0.191 e. The molecule has 3 rings (SSSR count). The van der Waals surface area contributed by atoms with E-state index in [1.165, 1.54) is 23.8 Å². The van der Waals surface area contributed by atoms with E-state index in [4.69, 9.17) is 4.74 Å². The first-order valence-electron chi connectivity index (χ1n) is 10.3. The zero-order valence-corrected chi connectivity index (χ0v) is 21.2. The molecule has 7 nitrogen and oxygen atoms in total. The summed E-state index contributed by atoms with van der Waals surface area (Å²) in [5.41, 5.74) is 2.38. The van der Waals surface area contributed by atoms with E-state index in [0.717, 1.165) is 44.5 Å². The van der Waals surface area contributed by atoms with Gasteiger partial charge in [0, 0.05) is 39.8 Å². The Bertz CT molecular complexity index is 998. The van der Waals surface area contributed by atoms with Crippen LogP contribution in [-0.4, -0.2) is 64.9 Å². The van der Waals surface area contributed by atoms with Gasteiger partial charge in [0.05, 0.1) is 19.0 Å². The van der Waals surface area contributed by atoms with E-state index in [1.54, 1.807) is 7.05 Å². The molecule has 0 unspecified atom stereocenters. The van der Waals surface area contributed by atoms with Crippen LogP contribution in [0.15, 0.2) is 58.4 Å². The van der Waals surface area contributed by atoms with Crippen LogP contribution in [0.5, 0.6) is 0 Å². The summed E-state index contributed by atoms with van der Waals surface area (Å²) in [5.74, 6) is -0.478. The van der Waals surface area contributed by atoms with Gasteiger partial charge >= 0.3 is 0 Å². The zero-order chi connectivity index (χ0) is 22.1. The second-order valence-electron chi connectivity index (χ2n) is 7.26. The molecule has 0 aromatic heterocycles. The number of guanidine groups is 1. The highest BCUT2D eigenvalue weighted by molar-refractivity contribution is 14.0. The van der Waals surface area contributed by atoms with Crippen LogP contribution in [0.4, 0.5) is 4.39 Å². The number of halogens is 2. The first-order valence-corrected chi connectivity index (χ1v) is 11.9. The Balaban J connectivity index is 0.00000363. The number of aliphatic imine (C=N–C) groups is 1. The smallest absolute Gasteiger partial charge is 0.191 e. The fourth-order valence-corrected chi connectivity index (χ4v) is 4.64. The molecule has 0 atom stereocenters. The van der Waals surface area contributed by atoms with Gasteiger partial charge < -0.3 is 15.4 Å². The minimum Gasteiger partial charge on any atom is -0.379 e. The molecular formula is C22H30FIN4O3S. The normalized spacial score (nSPS) is 15.1. The van der Waals surface area contributed by atoms with Gasteiger partial charge in [0.2, 0.25) is 0 Å². The van der Waals surface area contributed by atoms with Gasteiger partial charge in [-0.2, -0.15) is 0 Å². The molecule has 2 N–H and O–H groups in total. The topological polar surface area (TPSA) is 83.0 Å². The molecule has 0 aliphatic carbocycles. The molecule has 2 aromatic carbocycles. The van der Waals surface area contributed by atoms with Gasteiger partial charge in [-0.3, -0.25) is 9.89 Å². The number of sulfone groups is 1. The summed E-state index contributed by atoms with van der Waals surface area (Å²) < 4.78 is 44.0. The van der Waals surface area contributed by atoms with Crippen LogP contribution >= 0.6 is 24.0 Å². The minimum absolute atomic E-state index is 0. The van der Waals surface area contributed by atoms with Crippen LogP contribution in [0.1, 0.15) is 11.1 Å². The highest BCUT2D eigenvalue weighted by Crippen LogP contribution is 2.15. The lowest BCUT2D eigenvalue weighted by molar-refractivity contribution is 0.0341. The van der Waals surface area contributed by atoms with Crippen molar-refractivity contribution in [3.63, 3.8) is 0 Å². The summed E-state index contributed by atoms with van der Waals surface area (Å²) in [6.45, 7) is 4.88. The molecule has 0 spiro atoms. The molecule has 1 heterocycles. The highest BCUT2D eigenvalue weighted by atomic mass is 127.